The molecule has 2 aliphatic carbocycles. The highest BCUT2D eigenvalue weighted by Crippen LogP contribution is 2.37. The van der Waals surface area contributed by atoms with Gasteiger partial charge in [0.2, 0.25) is 5.91 Å². The molecule has 5 nitrogen and oxygen atoms in total. The molecule has 30 heavy (non-hydrogen) atoms. The minimum Gasteiger partial charge on any atom is -0.353 e. The minimum absolute atomic E-state index is 0.0840. The Morgan fingerprint density at radius 2 is 1.83 bits per heavy atom. The van der Waals surface area contributed by atoms with E-state index in [-0.39, 0.29) is 29.3 Å². The topological polar surface area (TPSA) is 64.0 Å². The molecule has 2 aromatic heterocycles. The summed E-state index contributed by atoms with van der Waals surface area (Å²) >= 11 is 0. The Labute approximate surface area is 179 Å². The van der Waals surface area contributed by atoms with E-state index >= 15 is 0 Å². The lowest BCUT2D eigenvalue weighted by Gasteiger charge is -2.35. The van der Waals surface area contributed by atoms with E-state index in [0.717, 1.165) is 54.3 Å². The molecule has 1 N–H and O–H groups in total. The van der Waals surface area contributed by atoms with E-state index in [0.29, 0.717) is 5.92 Å². The molecule has 4 rings (SSSR count). The number of nitrogens with zero attached hydrogens (tertiary/aromatic N) is 2. The molecule has 1 amide bonds. The van der Waals surface area contributed by atoms with Crippen LogP contribution in [0.4, 0.5) is 0 Å². The summed E-state index contributed by atoms with van der Waals surface area (Å²) < 4.78 is 1.76. The summed E-state index contributed by atoms with van der Waals surface area (Å²) in [4.78, 5) is 30.5. The Morgan fingerprint density at radius 3 is 2.57 bits per heavy atom. The number of hydrogen-bond donors (Lipinski definition) is 1. The second-order valence-corrected chi connectivity index (χ2v) is 9.64. The van der Waals surface area contributed by atoms with Gasteiger partial charge in [-0.2, -0.15) is 0 Å². The lowest BCUT2D eigenvalue weighted by atomic mass is 9.74. The second-order valence-electron chi connectivity index (χ2n) is 9.64. The molecule has 2 aliphatic rings. The molecule has 2 fully saturated rings. The maximum absolute atomic E-state index is 13.2. The molecule has 162 valence electrons. The zero-order chi connectivity index (χ0) is 21.3. The number of amides is 1. The summed E-state index contributed by atoms with van der Waals surface area (Å²) in [7, 11) is 1.85. The van der Waals surface area contributed by atoms with Crippen molar-refractivity contribution in [1.82, 2.24) is 14.9 Å². The van der Waals surface area contributed by atoms with Crippen LogP contribution >= 0.6 is 0 Å². The third-order valence-corrected chi connectivity index (χ3v) is 7.44. The van der Waals surface area contributed by atoms with Gasteiger partial charge < -0.3 is 9.88 Å². The zero-order valence-corrected chi connectivity index (χ0v) is 18.6. The van der Waals surface area contributed by atoms with Crippen molar-refractivity contribution in [1.29, 1.82) is 0 Å². The van der Waals surface area contributed by atoms with Gasteiger partial charge in [-0.15, -0.1) is 0 Å². The summed E-state index contributed by atoms with van der Waals surface area (Å²) in [5.41, 5.74) is 2.80. The van der Waals surface area contributed by atoms with Crippen LogP contribution in [0.1, 0.15) is 81.9 Å². The SMILES string of the molecule is Cc1cc2c(cn1)cc(C1CC(NC(=O)C3CCCCCC3)CCC1C)c(=O)n2C. The quantitative estimate of drug-likeness (QED) is 0.754. The maximum atomic E-state index is 13.2. The van der Waals surface area contributed by atoms with Crippen molar-refractivity contribution in [3.8, 4) is 0 Å². The van der Waals surface area contributed by atoms with Crippen LogP contribution in [0.3, 0.4) is 0 Å². The molecule has 0 bridgehead atoms. The highest BCUT2D eigenvalue weighted by molar-refractivity contribution is 5.80. The lowest BCUT2D eigenvalue weighted by molar-refractivity contribution is -0.126. The molecule has 0 saturated heterocycles. The number of nitrogens with one attached hydrogen (secondary N) is 1. The molecule has 5 heteroatoms. The molecule has 2 heterocycles. The van der Waals surface area contributed by atoms with Gasteiger partial charge >= 0.3 is 0 Å². The Bertz CT molecular complexity index is 972. The van der Waals surface area contributed by atoms with Crippen LogP contribution in [-0.2, 0) is 11.8 Å². The van der Waals surface area contributed by atoms with Crippen molar-refractivity contribution in [2.45, 2.75) is 83.6 Å². The van der Waals surface area contributed by atoms with E-state index in [1.165, 1.54) is 25.7 Å². The van der Waals surface area contributed by atoms with E-state index in [9.17, 15) is 9.59 Å². The van der Waals surface area contributed by atoms with Crippen molar-refractivity contribution in [3.05, 3.63) is 39.9 Å². The van der Waals surface area contributed by atoms with E-state index < -0.39 is 0 Å². The van der Waals surface area contributed by atoms with Gasteiger partial charge in [-0.25, -0.2) is 0 Å². The summed E-state index contributed by atoms with van der Waals surface area (Å²) in [5.74, 6) is 1.01. The Morgan fingerprint density at radius 1 is 1.10 bits per heavy atom. The first-order chi connectivity index (χ1) is 14.4. The number of aromatic nitrogens is 2. The molecular formula is C25H35N3O2. The van der Waals surface area contributed by atoms with Crippen LogP contribution in [0, 0.1) is 18.8 Å². The Kier molecular flexibility index (Phi) is 6.26. The summed E-state index contributed by atoms with van der Waals surface area (Å²) in [6.45, 7) is 4.19. The lowest BCUT2D eigenvalue weighted by Crippen LogP contribution is -2.43. The highest BCUT2D eigenvalue weighted by Gasteiger charge is 2.33. The molecule has 0 aromatic carbocycles. The molecule has 0 radical (unpaired) electrons. The number of carbonyl (C=O) groups excluding carboxylic acids is 1. The molecule has 2 aromatic rings. The van der Waals surface area contributed by atoms with Gasteiger partial charge in [-0.1, -0.05) is 32.6 Å². The average Bonchev–Trinajstić information content (AvgIpc) is 3.02. The molecule has 3 atom stereocenters. The number of fused-ring (bicyclic) bond motifs is 1. The molecule has 0 spiro atoms. The first-order valence-electron chi connectivity index (χ1n) is 11.7. The highest BCUT2D eigenvalue weighted by atomic mass is 16.2. The van der Waals surface area contributed by atoms with E-state index in [2.05, 4.69) is 17.2 Å². The monoisotopic (exact) mass is 409 g/mol. The van der Waals surface area contributed by atoms with Crippen molar-refractivity contribution in [3.63, 3.8) is 0 Å². The summed E-state index contributed by atoms with van der Waals surface area (Å²) in [6.07, 6.45) is 11.7. The van der Waals surface area contributed by atoms with Crippen LogP contribution < -0.4 is 10.9 Å². The first kappa shape index (κ1) is 21.1. The van der Waals surface area contributed by atoms with Gasteiger partial charge in [-0.3, -0.25) is 14.6 Å². The standard InChI is InChI=1S/C25H35N3O2/c1-16-10-11-20(27-24(29)18-8-6-4-5-7-9-18)14-21(16)22-13-19-15-26-17(2)12-23(19)28(3)25(22)30/h12-13,15-16,18,20-21H,4-11,14H2,1-3H3,(H,27,29). The first-order valence-corrected chi connectivity index (χ1v) is 11.7. The number of hydrogen-bond acceptors (Lipinski definition) is 3. The van der Waals surface area contributed by atoms with Crippen LogP contribution in [0.25, 0.3) is 10.9 Å². The maximum Gasteiger partial charge on any atom is 0.254 e. The van der Waals surface area contributed by atoms with Gasteiger partial charge in [0.05, 0.1) is 5.52 Å². The molecule has 2 saturated carbocycles. The number of aryl methyl sites for hydroxylation is 2. The van der Waals surface area contributed by atoms with Crippen molar-refractivity contribution >= 4 is 16.8 Å². The second kappa shape index (κ2) is 8.91. The fraction of sp³-hybridized carbons (Fsp3) is 0.640. The molecule has 3 unspecified atom stereocenters. The number of pyridine rings is 2. The normalized spacial score (nSPS) is 25.8. The van der Waals surface area contributed by atoms with Crippen LogP contribution in [0.2, 0.25) is 0 Å². The van der Waals surface area contributed by atoms with Crippen molar-refractivity contribution < 1.29 is 4.79 Å². The third-order valence-electron chi connectivity index (χ3n) is 7.44. The predicted molar refractivity (Wildman–Crippen MR) is 121 cm³/mol. The smallest absolute Gasteiger partial charge is 0.254 e. The predicted octanol–water partition coefficient (Wildman–Crippen LogP) is 4.60. The van der Waals surface area contributed by atoms with Gasteiger partial charge in [0.25, 0.3) is 5.56 Å². The fourth-order valence-electron chi connectivity index (χ4n) is 5.50. The number of rotatable bonds is 3. The van der Waals surface area contributed by atoms with Gasteiger partial charge in [0.15, 0.2) is 0 Å². The summed E-state index contributed by atoms with van der Waals surface area (Å²) in [5, 5.41) is 4.36. The molecular weight excluding hydrogens is 374 g/mol. The minimum atomic E-state index is 0.0840. The van der Waals surface area contributed by atoms with E-state index in [1.54, 1.807) is 4.57 Å². The Balaban J connectivity index is 1.55. The van der Waals surface area contributed by atoms with Gasteiger partial charge in [-0.05, 0) is 63.0 Å². The van der Waals surface area contributed by atoms with Crippen molar-refractivity contribution in [2.75, 3.05) is 0 Å². The summed E-state index contributed by atoms with van der Waals surface area (Å²) in [6, 6.07) is 4.18. The van der Waals surface area contributed by atoms with Gasteiger partial charge in [0, 0.05) is 41.8 Å². The van der Waals surface area contributed by atoms with E-state index in [4.69, 9.17) is 0 Å². The average molecular weight is 410 g/mol. The van der Waals surface area contributed by atoms with Gasteiger partial charge in [0.1, 0.15) is 0 Å². The molecule has 0 aliphatic heterocycles. The van der Waals surface area contributed by atoms with Crippen molar-refractivity contribution in [2.24, 2.45) is 18.9 Å². The van der Waals surface area contributed by atoms with Crippen LogP contribution in [-0.4, -0.2) is 21.5 Å². The number of carbonyl (C=O) groups is 1. The fourth-order valence-corrected chi connectivity index (χ4v) is 5.50. The largest absolute Gasteiger partial charge is 0.353 e. The zero-order valence-electron chi connectivity index (χ0n) is 18.6. The van der Waals surface area contributed by atoms with Crippen LogP contribution in [0.15, 0.2) is 23.1 Å². The third kappa shape index (κ3) is 4.30. The van der Waals surface area contributed by atoms with E-state index in [1.807, 2.05) is 32.3 Å². The Hall–Kier alpha value is -2.17. The van der Waals surface area contributed by atoms with Crippen LogP contribution in [0.5, 0.6) is 0 Å².